The van der Waals surface area contributed by atoms with Crippen molar-refractivity contribution in [1.29, 1.82) is 0 Å². The number of ether oxygens (including phenoxy) is 1. The quantitative estimate of drug-likeness (QED) is 0.529. The van der Waals surface area contributed by atoms with Crippen molar-refractivity contribution in [1.82, 2.24) is 10.2 Å². The third-order valence-electron chi connectivity index (χ3n) is 5.60. The highest BCUT2D eigenvalue weighted by atomic mass is 35.5. The minimum Gasteiger partial charge on any atom is -0.494 e. The van der Waals surface area contributed by atoms with Crippen LogP contribution in [0.15, 0.2) is 42.5 Å². The van der Waals surface area contributed by atoms with Crippen LogP contribution in [-0.2, 0) is 4.79 Å². The molecular formula is C26H33ClN4O3S. The van der Waals surface area contributed by atoms with Crippen molar-refractivity contribution in [2.45, 2.75) is 34.1 Å². The number of hydrogen-bond acceptors (Lipinski definition) is 5. The summed E-state index contributed by atoms with van der Waals surface area (Å²) >= 11 is 11.8. The second kappa shape index (κ2) is 11.7. The van der Waals surface area contributed by atoms with Crippen LogP contribution in [0.4, 0.5) is 11.4 Å². The van der Waals surface area contributed by atoms with Crippen molar-refractivity contribution < 1.29 is 14.3 Å². The second-order valence-electron chi connectivity index (χ2n) is 9.48. The van der Waals surface area contributed by atoms with Gasteiger partial charge in [0, 0.05) is 42.8 Å². The Labute approximate surface area is 217 Å². The highest BCUT2D eigenvalue weighted by Gasteiger charge is 2.24. The minimum absolute atomic E-state index is 0.0168. The van der Waals surface area contributed by atoms with Crippen LogP contribution in [-0.4, -0.2) is 54.6 Å². The molecule has 0 atom stereocenters. The normalized spacial score (nSPS) is 13.9. The molecular weight excluding hydrogens is 484 g/mol. The molecule has 1 heterocycles. The van der Waals surface area contributed by atoms with Gasteiger partial charge in [-0.2, -0.15) is 0 Å². The number of thiocarbonyl (C=S) groups is 1. The van der Waals surface area contributed by atoms with Crippen molar-refractivity contribution >= 4 is 52.1 Å². The predicted molar refractivity (Wildman–Crippen MR) is 146 cm³/mol. The van der Waals surface area contributed by atoms with Crippen molar-refractivity contribution in [2.24, 2.45) is 5.41 Å². The molecule has 2 aromatic carbocycles. The summed E-state index contributed by atoms with van der Waals surface area (Å²) in [6.45, 7) is 10.7. The average Bonchev–Trinajstić information content (AvgIpc) is 2.82. The van der Waals surface area contributed by atoms with Gasteiger partial charge in [-0.1, -0.05) is 39.3 Å². The van der Waals surface area contributed by atoms with E-state index in [1.54, 1.807) is 6.07 Å². The van der Waals surface area contributed by atoms with E-state index in [4.69, 9.17) is 28.6 Å². The van der Waals surface area contributed by atoms with E-state index in [1.807, 2.05) is 62.1 Å². The van der Waals surface area contributed by atoms with E-state index in [9.17, 15) is 9.59 Å². The highest BCUT2D eigenvalue weighted by Crippen LogP contribution is 2.30. The van der Waals surface area contributed by atoms with Crippen molar-refractivity contribution in [3.05, 3.63) is 53.1 Å². The number of nitrogens with zero attached hydrogens (tertiary/aromatic N) is 2. The maximum absolute atomic E-state index is 12.9. The van der Waals surface area contributed by atoms with E-state index >= 15 is 0 Å². The fourth-order valence-electron chi connectivity index (χ4n) is 3.54. The molecule has 3 rings (SSSR count). The lowest BCUT2D eigenvalue weighted by Gasteiger charge is -2.36. The monoisotopic (exact) mass is 516 g/mol. The van der Waals surface area contributed by atoms with Gasteiger partial charge in [-0.3, -0.25) is 9.59 Å². The summed E-state index contributed by atoms with van der Waals surface area (Å²) in [6, 6.07) is 12.9. The number of halogens is 1. The number of rotatable bonds is 6. The third kappa shape index (κ3) is 7.32. The van der Waals surface area contributed by atoms with Gasteiger partial charge in [-0.05, 0) is 61.1 Å². The molecule has 1 saturated heterocycles. The largest absolute Gasteiger partial charge is 0.494 e. The molecule has 2 aromatic rings. The summed E-state index contributed by atoms with van der Waals surface area (Å²) in [7, 11) is 0. The zero-order valence-electron chi connectivity index (χ0n) is 20.7. The summed E-state index contributed by atoms with van der Waals surface area (Å²) in [5.41, 5.74) is 1.71. The van der Waals surface area contributed by atoms with Gasteiger partial charge in [0.15, 0.2) is 5.11 Å². The first-order chi connectivity index (χ1) is 16.6. The summed E-state index contributed by atoms with van der Waals surface area (Å²) in [5, 5.41) is 6.50. The Morgan fingerprint density at radius 1 is 1.06 bits per heavy atom. The van der Waals surface area contributed by atoms with Crippen LogP contribution in [0.25, 0.3) is 0 Å². The molecule has 1 aliphatic rings. The molecule has 0 saturated carbocycles. The maximum Gasteiger partial charge on any atom is 0.253 e. The number of hydrogen-bond donors (Lipinski definition) is 2. The Bertz CT molecular complexity index is 1060. The van der Waals surface area contributed by atoms with Gasteiger partial charge < -0.3 is 25.2 Å². The van der Waals surface area contributed by atoms with E-state index in [-0.39, 0.29) is 16.9 Å². The van der Waals surface area contributed by atoms with E-state index in [2.05, 4.69) is 22.5 Å². The average molecular weight is 517 g/mol. The molecule has 0 aromatic heterocycles. The van der Waals surface area contributed by atoms with Crippen LogP contribution in [0, 0.1) is 5.41 Å². The molecule has 1 aliphatic heterocycles. The van der Waals surface area contributed by atoms with E-state index in [1.165, 1.54) is 0 Å². The topological polar surface area (TPSA) is 73.9 Å². The van der Waals surface area contributed by atoms with Crippen LogP contribution in [0.5, 0.6) is 5.75 Å². The van der Waals surface area contributed by atoms with Crippen LogP contribution < -0.4 is 20.3 Å². The molecule has 0 spiro atoms. The molecule has 0 aliphatic carbocycles. The first-order valence-electron chi connectivity index (χ1n) is 11.8. The van der Waals surface area contributed by atoms with Crippen molar-refractivity contribution in [3.63, 3.8) is 0 Å². The Balaban J connectivity index is 1.55. The molecule has 188 valence electrons. The van der Waals surface area contributed by atoms with Gasteiger partial charge in [0.05, 0.1) is 17.3 Å². The van der Waals surface area contributed by atoms with E-state index < -0.39 is 5.41 Å². The van der Waals surface area contributed by atoms with E-state index in [0.29, 0.717) is 49.1 Å². The molecule has 0 bridgehead atoms. The Hall–Kier alpha value is -2.84. The fourth-order valence-corrected chi connectivity index (χ4v) is 4.05. The van der Waals surface area contributed by atoms with Gasteiger partial charge in [0.1, 0.15) is 5.75 Å². The van der Waals surface area contributed by atoms with Crippen LogP contribution in [0.2, 0.25) is 5.02 Å². The molecule has 0 unspecified atom stereocenters. The van der Waals surface area contributed by atoms with Crippen LogP contribution in [0.3, 0.4) is 0 Å². The molecule has 2 amide bonds. The Morgan fingerprint density at radius 3 is 2.29 bits per heavy atom. The summed E-state index contributed by atoms with van der Waals surface area (Å²) in [6.07, 6.45) is 0.942. The fraction of sp³-hybridized carbons (Fsp3) is 0.423. The van der Waals surface area contributed by atoms with Crippen LogP contribution in [0.1, 0.15) is 44.5 Å². The standard InChI is InChI=1S/C26H33ClN4O3S/c1-5-16-34-20-9-6-18(7-10-20)23(32)31-14-12-30(13-15-31)22-11-8-19(17-21(22)27)28-25(35)29-24(33)26(2,3)4/h6-11,17H,5,12-16H2,1-4H3,(H2,28,29,33,35). The summed E-state index contributed by atoms with van der Waals surface area (Å²) in [5.74, 6) is 0.632. The number of nitrogens with one attached hydrogen (secondary N) is 2. The zero-order valence-corrected chi connectivity index (χ0v) is 22.3. The van der Waals surface area contributed by atoms with Gasteiger partial charge >= 0.3 is 0 Å². The first-order valence-corrected chi connectivity index (χ1v) is 12.6. The highest BCUT2D eigenvalue weighted by molar-refractivity contribution is 7.80. The van der Waals surface area contributed by atoms with Crippen LogP contribution >= 0.6 is 23.8 Å². The van der Waals surface area contributed by atoms with Gasteiger partial charge in [-0.15, -0.1) is 0 Å². The lowest BCUT2D eigenvalue weighted by atomic mass is 9.96. The lowest BCUT2D eigenvalue weighted by molar-refractivity contribution is -0.126. The number of anilines is 2. The molecule has 2 N–H and O–H groups in total. The molecule has 7 nitrogen and oxygen atoms in total. The Morgan fingerprint density at radius 2 is 1.71 bits per heavy atom. The summed E-state index contributed by atoms with van der Waals surface area (Å²) in [4.78, 5) is 29.0. The smallest absolute Gasteiger partial charge is 0.253 e. The zero-order chi connectivity index (χ0) is 25.6. The molecule has 35 heavy (non-hydrogen) atoms. The number of amides is 2. The number of benzene rings is 2. The molecule has 1 fully saturated rings. The molecule has 0 radical (unpaired) electrons. The minimum atomic E-state index is -0.538. The van der Waals surface area contributed by atoms with Gasteiger partial charge in [-0.25, -0.2) is 0 Å². The SMILES string of the molecule is CCCOc1ccc(C(=O)N2CCN(c3ccc(NC(=S)NC(=O)C(C)(C)C)cc3Cl)CC2)cc1. The van der Waals surface area contributed by atoms with Crippen molar-refractivity contribution in [3.8, 4) is 5.75 Å². The maximum atomic E-state index is 12.9. The van der Waals surface area contributed by atoms with E-state index in [0.717, 1.165) is 17.9 Å². The van der Waals surface area contributed by atoms with Crippen molar-refractivity contribution in [2.75, 3.05) is 43.0 Å². The summed E-state index contributed by atoms with van der Waals surface area (Å²) < 4.78 is 5.60. The number of carbonyl (C=O) groups excluding carboxylic acids is 2. The molecule has 9 heteroatoms. The van der Waals surface area contributed by atoms with Gasteiger partial charge in [0.25, 0.3) is 5.91 Å². The lowest BCUT2D eigenvalue weighted by Crippen LogP contribution is -2.48. The first kappa shape index (κ1) is 26.8. The second-order valence-corrected chi connectivity index (χ2v) is 10.3. The number of piperazine rings is 1. The number of carbonyl (C=O) groups is 2. The third-order valence-corrected chi connectivity index (χ3v) is 6.10. The Kier molecular flexibility index (Phi) is 8.97. The predicted octanol–water partition coefficient (Wildman–Crippen LogP) is 4.95. The van der Waals surface area contributed by atoms with Gasteiger partial charge in [0.2, 0.25) is 5.91 Å².